The molecule has 26 heavy (non-hydrogen) atoms. The molecule has 4 atom stereocenters. The number of carbonyl (C=O) groups excluding carboxylic acids is 1. The highest BCUT2D eigenvalue weighted by Gasteiger charge is 2.53. The Balaban J connectivity index is 1.91. The summed E-state index contributed by atoms with van der Waals surface area (Å²) in [5, 5.41) is 19.1. The summed E-state index contributed by atoms with van der Waals surface area (Å²) in [5.74, 6) is -0.149. The van der Waals surface area contributed by atoms with Crippen molar-refractivity contribution in [3.05, 3.63) is 47.5 Å². The van der Waals surface area contributed by atoms with Crippen molar-refractivity contribution < 1.29 is 4.79 Å². The van der Waals surface area contributed by atoms with Gasteiger partial charge in [-0.25, -0.2) is 4.98 Å². The summed E-state index contributed by atoms with van der Waals surface area (Å²) in [7, 11) is 0. The van der Waals surface area contributed by atoms with E-state index in [2.05, 4.69) is 19.1 Å². The highest BCUT2D eigenvalue weighted by Crippen LogP contribution is 2.52. The molecule has 1 fully saturated rings. The molecule has 2 aromatic rings. The van der Waals surface area contributed by atoms with Crippen LogP contribution in [0, 0.1) is 40.4 Å². The van der Waals surface area contributed by atoms with Crippen LogP contribution in [0.1, 0.15) is 43.9 Å². The molecular weight excluding hydrogens is 324 g/mol. The van der Waals surface area contributed by atoms with Crippen molar-refractivity contribution in [1.82, 2.24) is 9.55 Å². The molecule has 5 nitrogen and oxygen atoms in total. The van der Waals surface area contributed by atoms with Crippen molar-refractivity contribution in [2.75, 3.05) is 0 Å². The standard InChI is InChI=1S/C21H20N4O/c1-13-16-8-9-17-20(21(16,2)10-14(11-22)19(13)26)24-18(12-23)25(17)15-6-4-3-5-7-15/h3-7,13-14,16H,8-10H2,1-2H3/t13-,14?,16-,21-/m0/s1. The average Bonchev–Trinajstić information content (AvgIpc) is 3.05. The second-order valence-electron chi connectivity index (χ2n) is 7.65. The molecule has 0 bridgehead atoms. The first-order chi connectivity index (χ1) is 12.5. The summed E-state index contributed by atoms with van der Waals surface area (Å²) >= 11 is 0. The smallest absolute Gasteiger partial charge is 0.217 e. The predicted octanol–water partition coefficient (Wildman–Crippen LogP) is 3.31. The van der Waals surface area contributed by atoms with Gasteiger partial charge >= 0.3 is 0 Å². The first-order valence-corrected chi connectivity index (χ1v) is 9.02. The maximum Gasteiger partial charge on any atom is 0.217 e. The number of ketones is 1. The molecule has 0 spiro atoms. The Labute approximate surface area is 152 Å². The molecule has 1 heterocycles. The van der Waals surface area contributed by atoms with Gasteiger partial charge in [-0.05, 0) is 37.3 Å². The summed E-state index contributed by atoms with van der Waals surface area (Å²) < 4.78 is 1.94. The second-order valence-corrected chi connectivity index (χ2v) is 7.65. The normalized spacial score (nSPS) is 30.0. The minimum atomic E-state index is -0.593. The average molecular weight is 344 g/mol. The fraction of sp³-hybridized carbons (Fsp3) is 0.429. The molecule has 0 saturated heterocycles. The highest BCUT2D eigenvalue weighted by atomic mass is 16.1. The molecule has 2 aliphatic carbocycles. The minimum Gasteiger partial charge on any atom is -0.298 e. The first kappa shape index (κ1) is 16.5. The quantitative estimate of drug-likeness (QED) is 0.794. The number of fused-ring (bicyclic) bond motifs is 3. The van der Waals surface area contributed by atoms with Crippen molar-refractivity contribution in [2.45, 2.75) is 38.5 Å². The lowest BCUT2D eigenvalue weighted by Gasteiger charge is -2.48. The van der Waals surface area contributed by atoms with Crippen LogP contribution < -0.4 is 0 Å². The van der Waals surface area contributed by atoms with Gasteiger partial charge < -0.3 is 0 Å². The summed E-state index contributed by atoms with van der Waals surface area (Å²) in [6.45, 7) is 4.06. The largest absolute Gasteiger partial charge is 0.298 e. The predicted molar refractivity (Wildman–Crippen MR) is 95.3 cm³/mol. The van der Waals surface area contributed by atoms with Crippen molar-refractivity contribution in [2.24, 2.45) is 17.8 Å². The van der Waals surface area contributed by atoms with Crippen LogP contribution in [-0.4, -0.2) is 15.3 Å². The number of imidazole rings is 1. The molecule has 1 saturated carbocycles. The van der Waals surface area contributed by atoms with E-state index < -0.39 is 5.92 Å². The third-order valence-electron chi connectivity index (χ3n) is 6.32. The SMILES string of the molecule is C[C@@H]1C(=O)C(C#N)C[C@]2(C)c3nc(C#N)n(-c4ccccc4)c3CC[C@@H]12. The van der Waals surface area contributed by atoms with Gasteiger partial charge in [-0.3, -0.25) is 9.36 Å². The number of hydrogen-bond acceptors (Lipinski definition) is 4. The Hall–Kier alpha value is -2.92. The van der Waals surface area contributed by atoms with Crippen LogP contribution in [0.3, 0.4) is 0 Å². The Bertz CT molecular complexity index is 962. The maximum absolute atomic E-state index is 12.5. The van der Waals surface area contributed by atoms with Crippen molar-refractivity contribution in [3.63, 3.8) is 0 Å². The van der Waals surface area contributed by atoms with Gasteiger partial charge in [0.1, 0.15) is 12.0 Å². The van der Waals surface area contributed by atoms with E-state index in [4.69, 9.17) is 4.98 Å². The number of Topliss-reactive ketones (excluding diaryl/α,β-unsaturated/α-hetero) is 1. The van der Waals surface area contributed by atoms with Crippen LogP contribution in [0.25, 0.3) is 5.69 Å². The minimum absolute atomic E-state index is 0.0569. The molecule has 1 aromatic heterocycles. The van der Waals surface area contributed by atoms with E-state index in [1.165, 1.54) is 0 Å². The molecule has 130 valence electrons. The maximum atomic E-state index is 12.5. The number of rotatable bonds is 1. The topological polar surface area (TPSA) is 82.5 Å². The zero-order valence-corrected chi connectivity index (χ0v) is 14.9. The summed E-state index contributed by atoms with van der Waals surface area (Å²) in [5.41, 5.74) is 2.52. The van der Waals surface area contributed by atoms with E-state index in [0.717, 1.165) is 29.9 Å². The summed E-state index contributed by atoms with van der Waals surface area (Å²) in [4.78, 5) is 17.2. The number of nitriles is 2. The van der Waals surface area contributed by atoms with Crippen LogP contribution in [0.5, 0.6) is 0 Å². The Morgan fingerprint density at radius 1 is 1.27 bits per heavy atom. The van der Waals surface area contributed by atoms with Crippen LogP contribution in [0.15, 0.2) is 30.3 Å². The molecule has 0 N–H and O–H groups in total. The number of aromatic nitrogens is 2. The van der Waals surface area contributed by atoms with Gasteiger partial charge in [0, 0.05) is 22.7 Å². The number of carbonyl (C=O) groups is 1. The van der Waals surface area contributed by atoms with E-state index in [1.807, 2.05) is 41.8 Å². The fourth-order valence-electron chi connectivity index (χ4n) is 5.06. The molecule has 5 heteroatoms. The molecule has 2 aliphatic rings. The van der Waals surface area contributed by atoms with Gasteiger partial charge in [-0.1, -0.05) is 32.0 Å². The van der Waals surface area contributed by atoms with Crippen LogP contribution >= 0.6 is 0 Å². The van der Waals surface area contributed by atoms with Crippen LogP contribution in [0.2, 0.25) is 0 Å². The van der Waals surface area contributed by atoms with Gasteiger partial charge in [0.25, 0.3) is 0 Å². The lowest BCUT2D eigenvalue weighted by Crippen LogP contribution is -2.50. The number of hydrogen-bond donors (Lipinski definition) is 0. The van der Waals surface area contributed by atoms with E-state index in [1.54, 1.807) is 0 Å². The van der Waals surface area contributed by atoms with E-state index >= 15 is 0 Å². The molecule has 0 radical (unpaired) electrons. The van der Waals surface area contributed by atoms with Crippen LogP contribution in [0.4, 0.5) is 0 Å². The Kier molecular flexibility index (Phi) is 3.70. The zero-order valence-electron chi connectivity index (χ0n) is 14.9. The first-order valence-electron chi connectivity index (χ1n) is 9.02. The van der Waals surface area contributed by atoms with E-state index in [9.17, 15) is 15.3 Å². The van der Waals surface area contributed by atoms with Crippen LogP contribution in [-0.2, 0) is 16.6 Å². The summed E-state index contributed by atoms with van der Waals surface area (Å²) in [6, 6.07) is 14.2. The number of benzene rings is 1. The van der Waals surface area contributed by atoms with Crippen molar-refractivity contribution in [3.8, 4) is 17.8 Å². The lowest BCUT2D eigenvalue weighted by atomic mass is 9.54. The third-order valence-corrected chi connectivity index (χ3v) is 6.32. The Morgan fingerprint density at radius 2 is 2.00 bits per heavy atom. The molecule has 4 rings (SSSR count). The van der Waals surface area contributed by atoms with E-state index in [-0.39, 0.29) is 23.0 Å². The number of nitrogens with zero attached hydrogens (tertiary/aromatic N) is 4. The molecule has 0 amide bonds. The van der Waals surface area contributed by atoms with Crippen molar-refractivity contribution >= 4 is 5.78 Å². The molecule has 1 aromatic carbocycles. The molecular formula is C21H20N4O. The Morgan fingerprint density at radius 3 is 2.65 bits per heavy atom. The van der Waals surface area contributed by atoms with Gasteiger partial charge in [0.2, 0.25) is 5.82 Å². The van der Waals surface area contributed by atoms with E-state index in [0.29, 0.717) is 12.2 Å². The molecule has 0 aliphatic heterocycles. The monoisotopic (exact) mass is 344 g/mol. The van der Waals surface area contributed by atoms with Gasteiger partial charge in [-0.15, -0.1) is 0 Å². The highest BCUT2D eigenvalue weighted by molar-refractivity contribution is 5.87. The zero-order chi connectivity index (χ0) is 18.5. The third kappa shape index (κ3) is 2.14. The number of para-hydroxylation sites is 1. The van der Waals surface area contributed by atoms with Crippen molar-refractivity contribution in [1.29, 1.82) is 10.5 Å². The van der Waals surface area contributed by atoms with Gasteiger partial charge in [0.05, 0.1) is 11.8 Å². The van der Waals surface area contributed by atoms with Gasteiger partial charge in [0.15, 0.2) is 5.78 Å². The fourth-order valence-corrected chi connectivity index (χ4v) is 5.06. The second kappa shape index (κ2) is 5.81. The summed E-state index contributed by atoms with van der Waals surface area (Å²) in [6.07, 6.45) is 2.15. The lowest BCUT2D eigenvalue weighted by molar-refractivity contribution is -0.132. The van der Waals surface area contributed by atoms with Gasteiger partial charge in [-0.2, -0.15) is 10.5 Å². The molecule has 1 unspecified atom stereocenters.